The number of urea groups is 2. The lowest BCUT2D eigenvalue weighted by atomic mass is 9.73. The third-order valence-electron chi connectivity index (χ3n) is 13.4. The molecule has 2 unspecified atom stereocenters. The minimum Gasteiger partial charge on any atom is -0.358 e. The Bertz CT molecular complexity index is 2010. The fourth-order valence-electron chi connectivity index (χ4n) is 10.5. The lowest BCUT2D eigenvalue weighted by molar-refractivity contribution is 0.123. The molecule has 2 aromatic heterocycles. The van der Waals surface area contributed by atoms with Crippen molar-refractivity contribution in [2.24, 2.45) is 0 Å². The van der Waals surface area contributed by atoms with Crippen molar-refractivity contribution in [1.82, 2.24) is 40.2 Å². The normalized spacial score (nSPS) is 26.1. The summed E-state index contributed by atoms with van der Waals surface area (Å²) in [6.45, 7) is 13.0. The summed E-state index contributed by atoms with van der Waals surface area (Å²) in [7, 11) is 4.43. The summed E-state index contributed by atoms with van der Waals surface area (Å²) >= 11 is 3.71. The van der Waals surface area contributed by atoms with Crippen LogP contribution in [-0.4, -0.2) is 119 Å². The van der Waals surface area contributed by atoms with E-state index < -0.39 is 0 Å². The van der Waals surface area contributed by atoms with E-state index in [1.807, 2.05) is 37.5 Å². The van der Waals surface area contributed by atoms with Crippen LogP contribution in [-0.2, 0) is 12.8 Å². The summed E-state index contributed by atoms with van der Waals surface area (Å²) in [6.07, 6.45) is 6.89. The molecule has 1 saturated carbocycles. The number of H-pyrrole nitrogens is 2. The number of benzene rings is 2. The summed E-state index contributed by atoms with van der Waals surface area (Å²) in [5.74, 6) is 1.69. The molecule has 2 saturated heterocycles. The average molecular weight is 800 g/mol. The molecule has 3 aliphatic carbocycles. The van der Waals surface area contributed by atoms with Gasteiger partial charge >= 0.3 is 12.1 Å². The van der Waals surface area contributed by atoms with Gasteiger partial charge in [-0.2, -0.15) is 0 Å². The maximum atomic E-state index is 12.6. The molecule has 4 aromatic rings. The van der Waals surface area contributed by atoms with Crippen molar-refractivity contribution in [3.63, 3.8) is 0 Å². The number of carbonyl (C=O) groups excluding carboxylic acids is 2. The summed E-state index contributed by atoms with van der Waals surface area (Å²) in [4.78, 5) is 41.0. The van der Waals surface area contributed by atoms with Gasteiger partial charge < -0.3 is 40.2 Å². The van der Waals surface area contributed by atoms with Gasteiger partial charge in [0.2, 0.25) is 0 Å². The van der Waals surface area contributed by atoms with Gasteiger partial charge in [0.05, 0.1) is 4.60 Å². The standard InChI is InChI=1S/C23H32N4O.C20H27BrN4O/c1-4-27(5-2)23(28)24-15-11-17-16-7-6-8-19-21(16)18(12-20(17)26(3)13-15)22(25-19)14-9-10-14;1-4-25(5-2)20(26)22-12-9-14-13-7-6-8-16-18(13)15(19(21)23-16)10-17(14)24(3)11-12/h6-8,14-15,17,20,25H,4-5,9-13H2,1-3H3,(H,24,28);6-8,12,14,17,23H,4-5,9-11H2,1-3H3,(H,22,26)/t15?,17-,20-;12?,14-,17-/m11/s1. The van der Waals surface area contributed by atoms with Crippen LogP contribution in [0.5, 0.6) is 0 Å². The van der Waals surface area contributed by atoms with Crippen LogP contribution in [0.1, 0.15) is 99.1 Å². The van der Waals surface area contributed by atoms with Gasteiger partial charge in [0.1, 0.15) is 0 Å². The van der Waals surface area contributed by atoms with Gasteiger partial charge in [-0.05, 0) is 137 Å². The molecule has 4 amide bonds. The Hall–Kier alpha value is -3.54. The molecular weight excluding hydrogens is 740 g/mol. The number of nitrogens with one attached hydrogen (secondary N) is 4. The smallest absolute Gasteiger partial charge is 0.317 e. The van der Waals surface area contributed by atoms with Crippen molar-refractivity contribution < 1.29 is 9.59 Å². The van der Waals surface area contributed by atoms with E-state index in [1.165, 1.54) is 57.0 Å². The number of likely N-dealkylation sites (tertiary alicyclic amines) is 2. The quantitative estimate of drug-likeness (QED) is 0.156. The molecular formula is C43H59BrN8O2. The molecule has 10 nitrogen and oxygen atoms in total. The molecule has 54 heavy (non-hydrogen) atoms. The molecule has 2 aromatic carbocycles. The number of halogens is 1. The zero-order valence-corrected chi connectivity index (χ0v) is 34.6. The Kier molecular flexibility index (Phi) is 10.5. The maximum Gasteiger partial charge on any atom is 0.317 e. The van der Waals surface area contributed by atoms with E-state index in [2.05, 4.69) is 96.8 Å². The molecule has 3 fully saturated rings. The van der Waals surface area contributed by atoms with Crippen LogP contribution >= 0.6 is 15.9 Å². The maximum absolute atomic E-state index is 12.6. The number of aromatic nitrogens is 2. The van der Waals surface area contributed by atoms with Crippen molar-refractivity contribution in [3.05, 3.63) is 68.9 Å². The van der Waals surface area contributed by atoms with Crippen molar-refractivity contribution in [3.8, 4) is 0 Å². The minimum absolute atomic E-state index is 0.0611. The Morgan fingerprint density at radius 3 is 1.67 bits per heavy atom. The SMILES string of the molecule is CCN(CC)C(=O)NC1C[C@@H]2c3cccc4[nH]c(Br)c(c34)C[C@H]2N(C)C1.CCN(CC)C(=O)NC1C[C@@H]2c3cccc4[nH]c(C5CC5)c(c34)C[C@H]2N(C)C1. The van der Waals surface area contributed by atoms with Crippen LogP contribution in [0.25, 0.3) is 21.8 Å². The molecule has 0 bridgehead atoms. The second kappa shape index (κ2) is 15.2. The van der Waals surface area contributed by atoms with Crippen LogP contribution in [0.4, 0.5) is 9.59 Å². The highest BCUT2D eigenvalue weighted by Gasteiger charge is 2.43. The number of aromatic amines is 2. The van der Waals surface area contributed by atoms with Gasteiger partial charge in [0.25, 0.3) is 0 Å². The second-order valence-electron chi connectivity index (χ2n) is 16.5. The first-order valence-corrected chi connectivity index (χ1v) is 21.4. The first-order chi connectivity index (χ1) is 26.1. The van der Waals surface area contributed by atoms with Crippen molar-refractivity contribution in [2.45, 2.75) is 108 Å². The third-order valence-corrected chi connectivity index (χ3v) is 14.1. The number of fused-ring (bicyclic) bond motifs is 4. The Labute approximate surface area is 328 Å². The highest BCUT2D eigenvalue weighted by Crippen LogP contribution is 2.50. The van der Waals surface area contributed by atoms with Crippen LogP contribution < -0.4 is 10.6 Å². The van der Waals surface area contributed by atoms with E-state index >= 15 is 0 Å². The van der Waals surface area contributed by atoms with Gasteiger partial charge in [0, 0.05) is 103 Å². The van der Waals surface area contributed by atoms with Crippen LogP contribution in [0.2, 0.25) is 0 Å². The zero-order chi connectivity index (χ0) is 37.8. The fraction of sp³-hybridized carbons (Fsp3) is 0.581. The molecule has 11 heteroatoms. The number of likely N-dealkylation sites (N-methyl/N-ethyl adjacent to an activating group) is 2. The predicted octanol–water partition coefficient (Wildman–Crippen LogP) is 7.50. The largest absolute Gasteiger partial charge is 0.358 e. The average Bonchev–Trinajstić information content (AvgIpc) is 3.86. The first kappa shape index (κ1) is 37.4. The molecule has 290 valence electrons. The Morgan fingerprint density at radius 2 is 1.19 bits per heavy atom. The summed E-state index contributed by atoms with van der Waals surface area (Å²) in [5, 5.41) is 9.45. The number of amides is 4. The predicted molar refractivity (Wildman–Crippen MR) is 222 cm³/mol. The lowest BCUT2D eigenvalue weighted by Crippen LogP contribution is -2.56. The highest BCUT2D eigenvalue weighted by atomic mass is 79.9. The van der Waals surface area contributed by atoms with E-state index in [1.54, 1.807) is 5.56 Å². The van der Waals surface area contributed by atoms with E-state index in [4.69, 9.17) is 0 Å². The van der Waals surface area contributed by atoms with E-state index in [0.717, 1.165) is 75.5 Å². The van der Waals surface area contributed by atoms with Gasteiger partial charge in [-0.1, -0.05) is 24.3 Å². The number of nitrogens with zero attached hydrogens (tertiary/aromatic N) is 4. The second-order valence-corrected chi connectivity index (χ2v) is 17.3. The number of hydrogen-bond donors (Lipinski definition) is 4. The molecule has 4 heterocycles. The molecule has 6 atom stereocenters. The molecule has 0 spiro atoms. The highest BCUT2D eigenvalue weighted by molar-refractivity contribution is 9.10. The van der Waals surface area contributed by atoms with E-state index in [9.17, 15) is 9.59 Å². The third kappa shape index (κ3) is 6.72. The van der Waals surface area contributed by atoms with E-state index in [-0.39, 0.29) is 24.1 Å². The number of hydrogen-bond acceptors (Lipinski definition) is 4. The van der Waals surface area contributed by atoms with Crippen LogP contribution in [0.3, 0.4) is 0 Å². The van der Waals surface area contributed by atoms with Gasteiger partial charge in [-0.25, -0.2) is 9.59 Å². The molecule has 5 aliphatic rings. The molecule has 4 N–H and O–H groups in total. The monoisotopic (exact) mass is 798 g/mol. The Morgan fingerprint density at radius 1 is 0.722 bits per heavy atom. The van der Waals surface area contributed by atoms with Gasteiger partial charge in [0.15, 0.2) is 0 Å². The lowest BCUT2D eigenvalue weighted by Gasteiger charge is -2.46. The van der Waals surface area contributed by atoms with Crippen molar-refractivity contribution >= 4 is 49.8 Å². The summed E-state index contributed by atoms with van der Waals surface area (Å²) in [5.41, 5.74) is 9.90. The van der Waals surface area contributed by atoms with Gasteiger partial charge in [-0.15, -0.1) is 0 Å². The van der Waals surface area contributed by atoms with E-state index in [0.29, 0.717) is 23.9 Å². The summed E-state index contributed by atoms with van der Waals surface area (Å²) in [6, 6.07) is 14.9. The fourth-order valence-corrected chi connectivity index (χ4v) is 11.1. The first-order valence-electron chi connectivity index (χ1n) is 20.6. The van der Waals surface area contributed by atoms with Crippen LogP contribution in [0, 0.1) is 0 Å². The topological polar surface area (TPSA) is 103 Å². The molecule has 2 aliphatic heterocycles. The summed E-state index contributed by atoms with van der Waals surface area (Å²) < 4.78 is 1.11. The number of piperidine rings is 2. The Balaban J connectivity index is 0.000000154. The molecule has 0 radical (unpaired) electrons. The zero-order valence-electron chi connectivity index (χ0n) is 33.0. The number of rotatable bonds is 7. The minimum atomic E-state index is 0.0611. The molecule has 9 rings (SSSR count). The number of carbonyl (C=O) groups is 2. The van der Waals surface area contributed by atoms with Gasteiger partial charge in [-0.3, -0.25) is 0 Å². The van der Waals surface area contributed by atoms with Crippen molar-refractivity contribution in [1.29, 1.82) is 0 Å². The van der Waals surface area contributed by atoms with Crippen LogP contribution in [0.15, 0.2) is 41.0 Å². The van der Waals surface area contributed by atoms with Crippen molar-refractivity contribution in [2.75, 3.05) is 53.4 Å².